The highest BCUT2D eigenvalue weighted by Gasteiger charge is 2.16. The van der Waals surface area contributed by atoms with Crippen molar-refractivity contribution < 1.29 is 13.2 Å². The number of nitrogens with zero attached hydrogens (tertiary/aromatic N) is 3. The number of rotatable bonds is 7. The Hall–Kier alpha value is -0.970. The van der Waals surface area contributed by atoms with Gasteiger partial charge in [0.05, 0.1) is 12.8 Å². The van der Waals surface area contributed by atoms with Crippen LogP contribution in [0.3, 0.4) is 0 Å². The molecule has 1 aromatic rings. The van der Waals surface area contributed by atoms with Gasteiger partial charge in [-0.15, -0.1) is 16.8 Å². The molecule has 0 unspecified atom stereocenters. The topological polar surface area (TPSA) is 92.3 Å². The lowest BCUT2D eigenvalue weighted by Crippen LogP contribution is -2.34. The summed E-state index contributed by atoms with van der Waals surface area (Å²) in [6, 6.07) is 0. The molecular weight excluding hydrogens is 308 g/mol. The van der Waals surface area contributed by atoms with E-state index in [2.05, 4.69) is 22.1 Å². The molecule has 1 N–H and O–H groups in total. The van der Waals surface area contributed by atoms with Crippen molar-refractivity contribution in [3.05, 3.63) is 12.7 Å². The summed E-state index contributed by atoms with van der Waals surface area (Å²) in [6.45, 7) is 3.33. The van der Waals surface area contributed by atoms with Crippen LogP contribution in [0.15, 0.2) is 17.0 Å². The monoisotopic (exact) mass is 322 g/mol. The predicted molar refractivity (Wildman–Crippen MR) is 76.9 cm³/mol. The zero-order valence-corrected chi connectivity index (χ0v) is 12.9. The molecule has 0 aliphatic rings. The summed E-state index contributed by atoms with van der Waals surface area (Å²) in [4.78, 5) is 11.6. The van der Waals surface area contributed by atoms with Crippen molar-refractivity contribution in [2.45, 2.75) is 4.34 Å². The second kappa shape index (κ2) is 6.98. The molecule has 0 aromatic carbocycles. The molecule has 0 spiro atoms. The Morgan fingerprint density at radius 2 is 2.26 bits per heavy atom. The van der Waals surface area contributed by atoms with Crippen LogP contribution in [0.25, 0.3) is 0 Å². The Balaban J connectivity index is 2.53. The maximum atomic E-state index is 11.6. The van der Waals surface area contributed by atoms with Gasteiger partial charge in [0.1, 0.15) is 0 Å². The first-order valence-corrected chi connectivity index (χ1v) is 8.76. The van der Waals surface area contributed by atoms with Crippen LogP contribution in [0.4, 0.5) is 5.13 Å². The number of hydrogen-bond acceptors (Lipinski definition) is 7. The van der Waals surface area contributed by atoms with Gasteiger partial charge in [0, 0.05) is 12.8 Å². The van der Waals surface area contributed by atoms with E-state index in [4.69, 9.17) is 0 Å². The van der Waals surface area contributed by atoms with Crippen LogP contribution in [0, 0.1) is 0 Å². The van der Waals surface area contributed by atoms with Crippen LogP contribution in [-0.4, -0.2) is 54.4 Å². The van der Waals surface area contributed by atoms with Gasteiger partial charge >= 0.3 is 0 Å². The molecule has 106 valence electrons. The van der Waals surface area contributed by atoms with Crippen LogP contribution in [-0.2, 0) is 14.8 Å². The van der Waals surface area contributed by atoms with E-state index in [1.54, 1.807) is 6.08 Å². The first kappa shape index (κ1) is 16.1. The maximum absolute atomic E-state index is 11.6. The number of thioether (sulfide) groups is 1. The largest absolute Gasteiger partial charge is 0.299 e. The molecule has 0 fully saturated rings. The molecule has 0 saturated carbocycles. The number of hydrogen-bond donors (Lipinski definition) is 1. The van der Waals surface area contributed by atoms with Crippen molar-refractivity contribution in [1.29, 1.82) is 0 Å². The average Bonchev–Trinajstić information content (AvgIpc) is 2.72. The summed E-state index contributed by atoms with van der Waals surface area (Å²) in [7, 11) is -2.04. The molecule has 0 atom stereocenters. The minimum absolute atomic E-state index is 0.256. The second-order valence-electron chi connectivity index (χ2n) is 3.54. The van der Waals surface area contributed by atoms with Gasteiger partial charge in [0.2, 0.25) is 21.1 Å². The fourth-order valence-corrected chi connectivity index (χ4v) is 2.81. The second-order valence-corrected chi connectivity index (χ2v) is 7.87. The number of amides is 1. The van der Waals surface area contributed by atoms with Crippen LogP contribution in [0.2, 0.25) is 0 Å². The molecule has 0 bridgehead atoms. The predicted octanol–water partition coefficient (Wildman–Crippen LogP) is 0.646. The van der Waals surface area contributed by atoms with Crippen molar-refractivity contribution in [2.24, 2.45) is 0 Å². The van der Waals surface area contributed by atoms with Crippen LogP contribution in [0.1, 0.15) is 0 Å². The number of carbonyl (C=O) groups is 1. The van der Waals surface area contributed by atoms with Gasteiger partial charge in [0.15, 0.2) is 4.34 Å². The summed E-state index contributed by atoms with van der Waals surface area (Å²) < 4.78 is 24.0. The normalized spacial score (nSPS) is 11.5. The highest BCUT2D eigenvalue weighted by atomic mass is 32.2. The fourth-order valence-electron chi connectivity index (χ4n) is 0.927. The minimum Gasteiger partial charge on any atom is -0.299 e. The fraction of sp³-hybridized carbons (Fsp3) is 0.444. The van der Waals surface area contributed by atoms with Crippen molar-refractivity contribution >= 4 is 44.2 Å². The number of carbonyl (C=O) groups excluding carboxylic acids is 1. The van der Waals surface area contributed by atoms with E-state index in [1.807, 2.05) is 0 Å². The van der Waals surface area contributed by atoms with E-state index in [-0.39, 0.29) is 6.54 Å². The number of likely N-dealkylation sites (N-methyl/N-ethyl adjacent to an activating group) is 1. The molecule has 0 radical (unpaired) electrons. The van der Waals surface area contributed by atoms with Gasteiger partial charge in [-0.2, -0.15) is 4.31 Å². The molecule has 1 amide bonds. The van der Waals surface area contributed by atoms with Crippen molar-refractivity contribution in [2.75, 3.05) is 30.9 Å². The third kappa shape index (κ3) is 5.68. The van der Waals surface area contributed by atoms with Crippen LogP contribution >= 0.6 is 23.1 Å². The average molecular weight is 322 g/mol. The highest BCUT2D eigenvalue weighted by Crippen LogP contribution is 2.25. The van der Waals surface area contributed by atoms with Gasteiger partial charge in [-0.05, 0) is 0 Å². The van der Waals surface area contributed by atoms with Gasteiger partial charge in [-0.3, -0.25) is 10.1 Å². The zero-order valence-electron chi connectivity index (χ0n) is 10.5. The lowest BCUT2D eigenvalue weighted by molar-refractivity contribution is -0.116. The number of aromatic nitrogens is 2. The van der Waals surface area contributed by atoms with Gasteiger partial charge in [-0.1, -0.05) is 29.2 Å². The molecule has 0 saturated heterocycles. The first-order valence-electron chi connectivity index (χ1n) is 5.11. The molecule has 19 heavy (non-hydrogen) atoms. The SMILES string of the molecule is C=CCSc1nnc(NC(=O)CN(C)S(C)(=O)=O)s1. The molecule has 1 heterocycles. The molecule has 10 heteroatoms. The Labute approximate surface area is 120 Å². The van der Waals surface area contributed by atoms with Crippen molar-refractivity contribution in [3.63, 3.8) is 0 Å². The lowest BCUT2D eigenvalue weighted by Gasteiger charge is -2.12. The van der Waals surface area contributed by atoms with E-state index in [1.165, 1.54) is 30.1 Å². The number of sulfonamides is 1. The summed E-state index contributed by atoms with van der Waals surface area (Å²) in [5, 5.41) is 10.5. The molecule has 7 nitrogen and oxygen atoms in total. The van der Waals surface area contributed by atoms with Crippen molar-refractivity contribution in [1.82, 2.24) is 14.5 Å². The molecule has 0 aliphatic heterocycles. The maximum Gasteiger partial charge on any atom is 0.241 e. The van der Waals surface area contributed by atoms with E-state index < -0.39 is 15.9 Å². The minimum atomic E-state index is -3.37. The molecule has 1 rings (SSSR count). The van der Waals surface area contributed by atoms with E-state index in [0.29, 0.717) is 15.2 Å². The van der Waals surface area contributed by atoms with Gasteiger partial charge in [-0.25, -0.2) is 8.42 Å². The molecule has 0 aliphatic carbocycles. The summed E-state index contributed by atoms with van der Waals surface area (Å²) in [5.41, 5.74) is 0. The third-order valence-electron chi connectivity index (χ3n) is 1.91. The zero-order chi connectivity index (χ0) is 14.5. The van der Waals surface area contributed by atoms with E-state index in [0.717, 1.165) is 10.6 Å². The molecular formula is C9H14N4O3S3. The van der Waals surface area contributed by atoms with Gasteiger partial charge in [0.25, 0.3) is 0 Å². The van der Waals surface area contributed by atoms with Gasteiger partial charge < -0.3 is 0 Å². The first-order chi connectivity index (χ1) is 8.82. The number of anilines is 1. The third-order valence-corrected chi connectivity index (χ3v) is 5.14. The number of nitrogens with one attached hydrogen (secondary N) is 1. The highest BCUT2D eigenvalue weighted by molar-refractivity contribution is 8.01. The quantitative estimate of drug-likeness (QED) is 0.450. The molecule has 1 aromatic heterocycles. The van der Waals surface area contributed by atoms with E-state index in [9.17, 15) is 13.2 Å². The summed E-state index contributed by atoms with van der Waals surface area (Å²) >= 11 is 2.68. The van der Waals surface area contributed by atoms with Crippen LogP contribution < -0.4 is 5.32 Å². The Morgan fingerprint density at radius 1 is 1.58 bits per heavy atom. The Bertz CT molecular complexity index is 555. The van der Waals surface area contributed by atoms with Crippen LogP contribution in [0.5, 0.6) is 0 Å². The lowest BCUT2D eigenvalue weighted by atomic mass is 10.6. The Kier molecular flexibility index (Phi) is 5.91. The summed E-state index contributed by atoms with van der Waals surface area (Å²) in [5.74, 6) is 0.253. The summed E-state index contributed by atoms with van der Waals surface area (Å²) in [6.07, 6.45) is 2.78. The van der Waals surface area contributed by atoms with E-state index >= 15 is 0 Å². The Morgan fingerprint density at radius 3 is 2.84 bits per heavy atom. The smallest absolute Gasteiger partial charge is 0.241 e. The standard InChI is InChI=1S/C9H14N4O3S3/c1-4-5-17-9-12-11-8(18-9)10-7(14)6-13(2)19(3,15)16/h4H,1,5-6H2,2-3H3,(H,10,11,14). The van der Waals surface area contributed by atoms with Crippen molar-refractivity contribution in [3.8, 4) is 0 Å².